The minimum absolute atomic E-state index is 0.318. The van der Waals surface area contributed by atoms with Crippen molar-refractivity contribution in [2.45, 2.75) is 32.6 Å². The van der Waals surface area contributed by atoms with Crippen molar-refractivity contribution in [3.63, 3.8) is 0 Å². The maximum atomic E-state index is 11.0. The fourth-order valence-electron chi connectivity index (χ4n) is 2.95. The second-order valence-corrected chi connectivity index (χ2v) is 4.70. The molecular formula is C11H19NO. The first kappa shape index (κ1) is 9.20. The van der Waals surface area contributed by atoms with Gasteiger partial charge in [0.1, 0.15) is 5.78 Å². The molecule has 1 saturated carbocycles. The first-order valence-electron chi connectivity index (χ1n) is 5.47. The van der Waals surface area contributed by atoms with Crippen LogP contribution < -0.4 is 0 Å². The van der Waals surface area contributed by atoms with Gasteiger partial charge in [-0.1, -0.05) is 12.8 Å². The number of carbonyl (C=O) groups is 1. The van der Waals surface area contributed by atoms with Crippen molar-refractivity contribution in [2.75, 3.05) is 19.6 Å². The minimum atomic E-state index is 0.318. The minimum Gasteiger partial charge on any atom is -0.299 e. The van der Waals surface area contributed by atoms with E-state index in [1.165, 1.54) is 38.8 Å². The zero-order chi connectivity index (χ0) is 9.26. The van der Waals surface area contributed by atoms with Gasteiger partial charge in [0.15, 0.2) is 0 Å². The third-order valence-electron chi connectivity index (χ3n) is 3.50. The molecule has 0 aromatic rings. The van der Waals surface area contributed by atoms with Gasteiger partial charge in [-0.15, -0.1) is 0 Å². The number of ketones is 1. The quantitative estimate of drug-likeness (QED) is 0.646. The Morgan fingerprint density at radius 3 is 2.23 bits per heavy atom. The molecule has 0 unspecified atom stereocenters. The molecule has 1 aliphatic carbocycles. The lowest BCUT2D eigenvalue weighted by Crippen LogP contribution is -2.26. The average molecular weight is 181 g/mol. The fraction of sp³-hybridized carbons (Fsp3) is 0.909. The second kappa shape index (κ2) is 3.79. The van der Waals surface area contributed by atoms with Crippen molar-refractivity contribution in [1.29, 1.82) is 0 Å². The van der Waals surface area contributed by atoms with Gasteiger partial charge >= 0.3 is 0 Å². The van der Waals surface area contributed by atoms with Crippen LogP contribution in [0.15, 0.2) is 0 Å². The molecule has 2 heteroatoms. The highest BCUT2D eigenvalue weighted by molar-refractivity contribution is 5.77. The van der Waals surface area contributed by atoms with Crippen molar-refractivity contribution in [3.8, 4) is 0 Å². The normalized spacial score (nSPS) is 34.5. The van der Waals surface area contributed by atoms with Gasteiger partial charge in [0.05, 0.1) is 6.54 Å². The Balaban J connectivity index is 1.87. The maximum absolute atomic E-state index is 11.0. The Bertz CT molecular complexity index is 188. The second-order valence-electron chi connectivity index (χ2n) is 4.70. The molecule has 74 valence electrons. The third-order valence-corrected chi connectivity index (χ3v) is 3.50. The highest BCUT2D eigenvalue weighted by Gasteiger charge is 2.34. The number of hydrogen-bond donors (Lipinski definition) is 0. The van der Waals surface area contributed by atoms with Crippen LogP contribution in [0.5, 0.6) is 0 Å². The summed E-state index contributed by atoms with van der Waals surface area (Å²) in [6.07, 6.45) is 5.63. The summed E-state index contributed by atoms with van der Waals surface area (Å²) >= 11 is 0. The Morgan fingerprint density at radius 1 is 1.23 bits per heavy atom. The van der Waals surface area contributed by atoms with E-state index >= 15 is 0 Å². The number of likely N-dealkylation sites (tertiary alicyclic amines) is 1. The largest absolute Gasteiger partial charge is 0.299 e. The average Bonchev–Trinajstić information content (AvgIpc) is 2.44. The van der Waals surface area contributed by atoms with Crippen molar-refractivity contribution in [1.82, 2.24) is 4.90 Å². The van der Waals surface area contributed by atoms with Crippen LogP contribution >= 0.6 is 0 Å². The standard InChI is InChI=1S/C11H19NO/c1-9(13)6-12-7-10-4-2-3-5-11(10)8-12/h10-11H,2-8H2,1H3/t10-,11+. The molecule has 2 fully saturated rings. The van der Waals surface area contributed by atoms with Crippen LogP contribution in [-0.4, -0.2) is 30.3 Å². The van der Waals surface area contributed by atoms with Gasteiger partial charge in [0, 0.05) is 13.1 Å². The van der Waals surface area contributed by atoms with Crippen LogP contribution in [0.25, 0.3) is 0 Å². The van der Waals surface area contributed by atoms with Crippen molar-refractivity contribution >= 4 is 5.78 Å². The number of carbonyl (C=O) groups excluding carboxylic acids is 1. The lowest BCUT2D eigenvalue weighted by molar-refractivity contribution is -0.117. The molecule has 2 nitrogen and oxygen atoms in total. The van der Waals surface area contributed by atoms with Gasteiger partial charge in [-0.3, -0.25) is 9.69 Å². The van der Waals surface area contributed by atoms with Gasteiger partial charge in [0.2, 0.25) is 0 Å². The summed E-state index contributed by atoms with van der Waals surface area (Å²) in [5.41, 5.74) is 0. The summed E-state index contributed by atoms with van der Waals surface area (Å²) in [6.45, 7) is 4.75. The molecule has 1 aliphatic heterocycles. The number of hydrogen-bond acceptors (Lipinski definition) is 2. The van der Waals surface area contributed by atoms with Crippen LogP contribution in [0, 0.1) is 11.8 Å². The SMILES string of the molecule is CC(=O)CN1C[C@H]2CCCC[C@H]2C1. The molecule has 0 aromatic carbocycles. The van der Waals surface area contributed by atoms with E-state index < -0.39 is 0 Å². The van der Waals surface area contributed by atoms with Gasteiger partial charge in [-0.05, 0) is 31.6 Å². The molecule has 2 atom stereocenters. The number of nitrogens with zero attached hydrogens (tertiary/aromatic N) is 1. The fourth-order valence-corrected chi connectivity index (χ4v) is 2.95. The number of rotatable bonds is 2. The van der Waals surface area contributed by atoms with Gasteiger partial charge < -0.3 is 0 Å². The lowest BCUT2D eigenvalue weighted by atomic mass is 9.82. The monoisotopic (exact) mass is 181 g/mol. The molecular weight excluding hydrogens is 162 g/mol. The third kappa shape index (κ3) is 2.11. The summed E-state index contributed by atoms with van der Waals surface area (Å²) in [4.78, 5) is 13.3. The lowest BCUT2D eigenvalue weighted by Gasteiger charge is -2.23. The molecule has 2 aliphatic rings. The van der Waals surface area contributed by atoms with E-state index in [1.807, 2.05) is 0 Å². The van der Waals surface area contributed by atoms with E-state index in [9.17, 15) is 4.79 Å². The van der Waals surface area contributed by atoms with Crippen LogP contribution in [0.1, 0.15) is 32.6 Å². The maximum Gasteiger partial charge on any atom is 0.143 e. The van der Waals surface area contributed by atoms with E-state index in [4.69, 9.17) is 0 Å². The Hall–Kier alpha value is -0.370. The molecule has 1 heterocycles. The molecule has 0 amide bonds. The topological polar surface area (TPSA) is 20.3 Å². The smallest absolute Gasteiger partial charge is 0.143 e. The highest BCUT2D eigenvalue weighted by Crippen LogP contribution is 2.35. The van der Waals surface area contributed by atoms with Crippen LogP contribution in [0.3, 0.4) is 0 Å². The highest BCUT2D eigenvalue weighted by atomic mass is 16.1. The van der Waals surface area contributed by atoms with E-state index in [0.717, 1.165) is 11.8 Å². The number of fused-ring (bicyclic) bond motifs is 1. The molecule has 0 bridgehead atoms. The van der Waals surface area contributed by atoms with Gasteiger partial charge in [0.25, 0.3) is 0 Å². The summed E-state index contributed by atoms with van der Waals surface area (Å²) in [6, 6.07) is 0. The predicted molar refractivity (Wildman–Crippen MR) is 52.6 cm³/mol. The first-order valence-corrected chi connectivity index (χ1v) is 5.47. The van der Waals surface area contributed by atoms with Crippen molar-refractivity contribution in [3.05, 3.63) is 0 Å². The Morgan fingerprint density at radius 2 is 1.77 bits per heavy atom. The van der Waals surface area contributed by atoms with E-state index in [2.05, 4.69) is 4.90 Å². The van der Waals surface area contributed by atoms with Gasteiger partial charge in [-0.2, -0.15) is 0 Å². The number of Topliss-reactive ketones (excluding diaryl/α,β-unsaturated/α-hetero) is 1. The van der Waals surface area contributed by atoms with Crippen molar-refractivity contribution in [2.24, 2.45) is 11.8 Å². The Labute approximate surface area is 80.3 Å². The zero-order valence-electron chi connectivity index (χ0n) is 8.46. The molecule has 13 heavy (non-hydrogen) atoms. The van der Waals surface area contributed by atoms with Crippen molar-refractivity contribution < 1.29 is 4.79 Å². The first-order chi connectivity index (χ1) is 6.25. The Kier molecular flexibility index (Phi) is 2.68. The summed E-state index contributed by atoms with van der Waals surface area (Å²) in [7, 11) is 0. The summed E-state index contributed by atoms with van der Waals surface area (Å²) < 4.78 is 0. The summed E-state index contributed by atoms with van der Waals surface area (Å²) in [5, 5.41) is 0. The van der Waals surface area contributed by atoms with Crippen LogP contribution in [0.2, 0.25) is 0 Å². The molecule has 0 aromatic heterocycles. The molecule has 0 spiro atoms. The van der Waals surface area contributed by atoms with E-state index in [-0.39, 0.29) is 0 Å². The molecule has 0 radical (unpaired) electrons. The zero-order valence-corrected chi connectivity index (χ0v) is 8.46. The van der Waals surface area contributed by atoms with E-state index in [0.29, 0.717) is 12.3 Å². The predicted octanol–water partition coefficient (Wildman–Crippen LogP) is 1.70. The van der Waals surface area contributed by atoms with Crippen LogP contribution in [0.4, 0.5) is 0 Å². The summed E-state index contributed by atoms with van der Waals surface area (Å²) in [5.74, 6) is 2.14. The molecule has 2 rings (SSSR count). The molecule has 0 N–H and O–H groups in total. The van der Waals surface area contributed by atoms with Gasteiger partial charge in [-0.25, -0.2) is 0 Å². The van der Waals surface area contributed by atoms with E-state index in [1.54, 1.807) is 6.92 Å². The molecule has 1 saturated heterocycles. The van der Waals surface area contributed by atoms with Crippen LogP contribution in [-0.2, 0) is 4.79 Å².